The lowest BCUT2D eigenvalue weighted by Gasteiger charge is -2.35. The smallest absolute Gasteiger partial charge is 0.393 e. The van der Waals surface area contributed by atoms with Crippen molar-refractivity contribution in [2.45, 2.75) is 166 Å². The number of phosphoric acid groups is 3. The average Bonchev–Trinajstić information content (AvgIpc) is 3.87. The third-order valence-electron chi connectivity index (χ3n) is 11.8. The third-order valence-corrected chi connectivity index (χ3v) is 15.8. The maximum atomic E-state index is 12.8. The van der Waals surface area contributed by atoms with Crippen molar-refractivity contribution >= 4 is 69.1 Å². The van der Waals surface area contributed by atoms with Crippen LogP contribution >= 0.6 is 35.2 Å². The topological polar surface area (TPSA) is 443 Å². The molecule has 13 N–H and O–H groups in total. The van der Waals surface area contributed by atoms with Crippen LogP contribution < -0.4 is 16.4 Å². The molecule has 4 rings (SSSR count). The molecule has 0 radical (unpaired) electrons. The number of anilines is 1. The summed E-state index contributed by atoms with van der Waals surface area (Å²) < 4.78 is 73.6. The van der Waals surface area contributed by atoms with Crippen LogP contribution in [0.15, 0.2) is 12.7 Å². The summed E-state index contributed by atoms with van der Waals surface area (Å²) >= 11 is 0.971. The summed E-state index contributed by atoms with van der Waals surface area (Å²) in [5.74, 6) is -1.29. The molecule has 0 bridgehead atoms. The Morgan fingerprint density at radius 3 is 2.22 bits per heavy atom. The summed E-state index contributed by atoms with van der Waals surface area (Å²) in [6.45, 7) is 2.56. The second-order valence-corrected chi connectivity index (χ2v) is 24.0. The molecule has 0 aliphatic carbocycles. The molecular weight excluding hydrogens is 1070 g/mol. The molecule has 2 aliphatic heterocycles. The minimum Gasteiger partial charge on any atom is -0.393 e. The van der Waals surface area contributed by atoms with Gasteiger partial charge in [-0.1, -0.05) is 77.0 Å². The first-order chi connectivity index (χ1) is 34.7. The zero-order valence-corrected chi connectivity index (χ0v) is 44.8. The number of imidazole rings is 1. The highest BCUT2D eigenvalue weighted by atomic mass is 32.2. The quantitative estimate of drug-likeness (QED) is 0.0346. The Morgan fingerprint density at radius 2 is 1.54 bits per heavy atom. The van der Waals surface area contributed by atoms with Gasteiger partial charge in [0.15, 0.2) is 29.1 Å². The Bertz CT molecular complexity index is 2250. The summed E-state index contributed by atoms with van der Waals surface area (Å²) in [4.78, 5) is 88.6. The van der Waals surface area contributed by atoms with Crippen molar-refractivity contribution in [1.82, 2.24) is 30.2 Å². The van der Waals surface area contributed by atoms with Crippen LogP contribution in [0.5, 0.6) is 0 Å². The molecule has 2 unspecified atom stereocenters. The molecule has 424 valence electrons. The highest BCUT2D eigenvalue weighted by molar-refractivity contribution is 8.13. The maximum absolute atomic E-state index is 12.8. The number of nitrogens with zero attached hydrogens (tertiary/aromatic N) is 4. The molecular formula is C41H72N7O22P3S. The third kappa shape index (κ3) is 21.6. The van der Waals surface area contributed by atoms with E-state index < -0.39 is 109 Å². The van der Waals surface area contributed by atoms with Crippen molar-refractivity contribution in [3.05, 3.63) is 12.7 Å². The molecule has 0 aromatic carbocycles. The number of aliphatic hydroxyl groups is 5. The molecule has 12 atom stereocenters. The van der Waals surface area contributed by atoms with Crippen molar-refractivity contribution in [3.8, 4) is 0 Å². The molecule has 2 aromatic rings. The number of thioether (sulfide) groups is 1. The predicted octanol–water partition coefficient (Wildman–Crippen LogP) is 1.19. The summed E-state index contributed by atoms with van der Waals surface area (Å²) in [5.41, 5.74) is 4.23. The number of unbranched alkanes of at least 4 members (excludes halogenated alkanes) is 8. The number of nitrogens with two attached hydrogens (primary N) is 1. The summed E-state index contributed by atoms with van der Waals surface area (Å²) in [5, 5.41) is 56.4. The average molecular weight is 1140 g/mol. The van der Waals surface area contributed by atoms with E-state index in [0.29, 0.717) is 13.0 Å². The van der Waals surface area contributed by atoms with Gasteiger partial charge in [0.2, 0.25) is 11.8 Å². The van der Waals surface area contributed by atoms with Crippen LogP contribution in [0, 0.1) is 5.41 Å². The van der Waals surface area contributed by atoms with Crippen LogP contribution in [0.1, 0.15) is 110 Å². The van der Waals surface area contributed by atoms with Crippen LogP contribution in [0.3, 0.4) is 0 Å². The van der Waals surface area contributed by atoms with E-state index in [-0.39, 0.29) is 66.3 Å². The number of aromatic nitrogens is 4. The Labute approximate surface area is 431 Å². The SMILES string of the molecule is C[C@@H]1O[C@@H](OCCCCCCCCCCC[C@@H](O)CC(=O)SCCNC(=O)CCNC(=O)[C@H](O)C(C)(C)COP(=O)(O)OP(=O)(O)OC[C@H]2O[C@@H](n3cnc4c(N)ncnc43)[C@H](O)[C@@H]2OP(=O)(O)O)[C@H](O)C[C@H]1O. The molecule has 2 saturated heterocycles. The fourth-order valence-electron chi connectivity index (χ4n) is 7.66. The number of ether oxygens (including phenoxy) is 3. The fraction of sp³-hybridized carbons (Fsp3) is 0.805. The monoisotopic (exact) mass is 1140 g/mol. The summed E-state index contributed by atoms with van der Waals surface area (Å²) in [6, 6.07) is 0. The van der Waals surface area contributed by atoms with E-state index in [2.05, 4.69) is 34.4 Å². The van der Waals surface area contributed by atoms with Gasteiger partial charge in [0.25, 0.3) is 0 Å². The van der Waals surface area contributed by atoms with Gasteiger partial charge in [0.05, 0.1) is 37.9 Å². The van der Waals surface area contributed by atoms with Gasteiger partial charge in [-0.15, -0.1) is 0 Å². The maximum Gasteiger partial charge on any atom is 0.481 e. The van der Waals surface area contributed by atoms with Gasteiger partial charge in [-0.05, 0) is 19.8 Å². The molecule has 2 amide bonds. The van der Waals surface area contributed by atoms with E-state index in [0.717, 1.165) is 86.8 Å². The van der Waals surface area contributed by atoms with Gasteiger partial charge in [-0.2, -0.15) is 4.31 Å². The van der Waals surface area contributed by atoms with Gasteiger partial charge in [0.1, 0.15) is 42.4 Å². The van der Waals surface area contributed by atoms with Gasteiger partial charge in [-0.25, -0.2) is 28.6 Å². The number of carbonyl (C=O) groups is 3. The van der Waals surface area contributed by atoms with Crippen molar-refractivity contribution < 1.29 is 105 Å². The molecule has 0 saturated carbocycles. The van der Waals surface area contributed by atoms with Gasteiger partial charge < -0.3 is 75.7 Å². The van der Waals surface area contributed by atoms with Crippen LogP contribution in [0.2, 0.25) is 0 Å². The minimum absolute atomic E-state index is 0.0168. The van der Waals surface area contributed by atoms with E-state index >= 15 is 0 Å². The molecule has 2 aromatic heterocycles. The first-order valence-electron chi connectivity index (χ1n) is 24.0. The zero-order valence-electron chi connectivity index (χ0n) is 41.3. The first kappa shape index (κ1) is 63.9. The number of carbonyl (C=O) groups excluding carboxylic acids is 3. The first-order valence-corrected chi connectivity index (χ1v) is 29.5. The van der Waals surface area contributed by atoms with E-state index in [4.69, 9.17) is 29.0 Å². The highest BCUT2D eigenvalue weighted by Gasteiger charge is 2.50. The number of amides is 2. The number of hydrogen-bond donors (Lipinski definition) is 12. The normalized spacial score (nSPS) is 25.0. The van der Waals surface area contributed by atoms with Gasteiger partial charge in [-0.3, -0.25) is 32.5 Å². The lowest BCUT2D eigenvalue weighted by atomic mass is 9.87. The predicted molar refractivity (Wildman–Crippen MR) is 261 cm³/mol. The molecule has 0 spiro atoms. The van der Waals surface area contributed by atoms with Crippen LogP contribution in [-0.4, -0.2) is 175 Å². The molecule has 2 aliphatic rings. The van der Waals surface area contributed by atoms with E-state index in [1.807, 2.05) is 0 Å². The number of rotatable bonds is 34. The second kappa shape index (κ2) is 29.9. The number of hydrogen-bond acceptors (Lipinski definition) is 23. The van der Waals surface area contributed by atoms with E-state index in [1.165, 1.54) is 13.8 Å². The Balaban J connectivity index is 1.03. The second-order valence-electron chi connectivity index (χ2n) is 18.6. The van der Waals surface area contributed by atoms with Crippen molar-refractivity contribution in [3.63, 3.8) is 0 Å². The Kier molecular flexibility index (Phi) is 25.8. The summed E-state index contributed by atoms with van der Waals surface area (Å²) in [7, 11) is -16.5. The number of phosphoric ester groups is 3. The van der Waals surface area contributed by atoms with Gasteiger partial charge in [0, 0.05) is 50.1 Å². The van der Waals surface area contributed by atoms with Crippen LogP contribution in [0.25, 0.3) is 11.2 Å². The van der Waals surface area contributed by atoms with Crippen molar-refractivity contribution in [2.24, 2.45) is 5.41 Å². The minimum atomic E-state index is -5.60. The Morgan fingerprint density at radius 1 is 0.892 bits per heavy atom. The van der Waals surface area contributed by atoms with Crippen molar-refractivity contribution in [1.29, 1.82) is 0 Å². The van der Waals surface area contributed by atoms with Gasteiger partial charge >= 0.3 is 23.5 Å². The standard InChI is InChI=1S/C41H72N7O22P3S/c1-25-27(50)20-28(51)40(67-25)64-17-12-10-8-6-4-5-7-9-11-13-26(49)19-31(53)74-18-16-43-30(52)14-15-44-38(56)35(55)41(2,3)22-66-73(62,63)70-72(60,61)65-21-29-34(69-71(57,58)59)33(54)39(68-29)48-24-47-32-36(42)45-23-46-37(32)48/h23-29,33-35,39-40,49-51,54-55H,4-22H2,1-3H3,(H,43,52)(H,44,56)(H,60,61)(H,62,63)(H2,42,45,46)(H2,57,58,59)/t25-,26+,27+,28+,29+,33+,34+,35-,39+,40+/m0/s1. The molecule has 4 heterocycles. The molecule has 29 nitrogen and oxygen atoms in total. The molecule has 2 fully saturated rings. The number of nitrogen functional groups attached to an aromatic ring is 1. The van der Waals surface area contributed by atoms with E-state index in [1.54, 1.807) is 6.92 Å². The Hall–Kier alpha value is -2.64. The fourth-order valence-corrected chi connectivity index (χ4v) is 11.2. The largest absolute Gasteiger partial charge is 0.481 e. The van der Waals surface area contributed by atoms with Crippen molar-refractivity contribution in [2.75, 3.05) is 44.4 Å². The number of nitrogens with one attached hydrogen (secondary N) is 2. The summed E-state index contributed by atoms with van der Waals surface area (Å²) in [6.07, 6.45) is -0.689. The molecule has 74 heavy (non-hydrogen) atoms. The lowest BCUT2D eigenvalue weighted by Crippen LogP contribution is -2.47. The highest BCUT2D eigenvalue weighted by Crippen LogP contribution is 2.61. The molecule has 33 heteroatoms. The lowest BCUT2D eigenvalue weighted by molar-refractivity contribution is -0.261. The number of fused-ring (bicyclic) bond motifs is 1. The number of aliphatic hydroxyl groups excluding tert-OH is 5. The van der Waals surface area contributed by atoms with E-state index in [9.17, 15) is 73.2 Å². The zero-order chi connectivity index (χ0) is 54.9. The van der Waals surface area contributed by atoms with Crippen LogP contribution in [-0.2, 0) is 60.2 Å². The van der Waals surface area contributed by atoms with Crippen LogP contribution in [0.4, 0.5) is 5.82 Å².